The third kappa shape index (κ3) is 3.40. The zero-order chi connectivity index (χ0) is 17.7. The highest BCUT2D eigenvalue weighted by atomic mass is 16.5. The molecule has 0 spiro atoms. The molecule has 1 aliphatic heterocycles. The standard InChI is InChI=1S/C19H27NO4/c1-5-13-16(18(21)23-3)15(12-10-8-7-9-11-12)17(19(22)24-4)14(6-2)20-13/h8,10,12,15,20H,5-7,9,11H2,1-4H3. The Morgan fingerprint density at radius 2 is 1.62 bits per heavy atom. The molecule has 132 valence electrons. The molecule has 0 aromatic heterocycles. The molecule has 1 N–H and O–H groups in total. The molecule has 1 atom stereocenters. The van der Waals surface area contributed by atoms with Crippen LogP contribution >= 0.6 is 0 Å². The smallest absolute Gasteiger partial charge is 0.336 e. The van der Waals surface area contributed by atoms with Gasteiger partial charge in [0.15, 0.2) is 0 Å². The van der Waals surface area contributed by atoms with E-state index < -0.39 is 0 Å². The van der Waals surface area contributed by atoms with E-state index in [0.717, 1.165) is 30.7 Å². The summed E-state index contributed by atoms with van der Waals surface area (Å²) in [5, 5.41) is 3.29. The van der Waals surface area contributed by atoms with E-state index in [1.165, 1.54) is 14.2 Å². The summed E-state index contributed by atoms with van der Waals surface area (Å²) < 4.78 is 10.1. The minimum atomic E-state index is -0.375. The highest BCUT2D eigenvalue weighted by Crippen LogP contribution is 2.41. The maximum Gasteiger partial charge on any atom is 0.336 e. The number of nitrogens with one attached hydrogen (secondary N) is 1. The molecule has 0 fully saturated rings. The summed E-state index contributed by atoms with van der Waals surface area (Å²) in [4.78, 5) is 25.0. The second-order valence-corrected chi connectivity index (χ2v) is 6.10. The molecule has 24 heavy (non-hydrogen) atoms. The second kappa shape index (κ2) is 8.18. The Balaban J connectivity index is 2.63. The lowest BCUT2D eigenvalue weighted by molar-refractivity contribution is -0.138. The fraction of sp³-hybridized carbons (Fsp3) is 0.579. The van der Waals surface area contributed by atoms with Gasteiger partial charge >= 0.3 is 11.9 Å². The van der Waals surface area contributed by atoms with Crippen LogP contribution in [0.1, 0.15) is 46.0 Å². The highest BCUT2D eigenvalue weighted by Gasteiger charge is 2.41. The minimum Gasteiger partial charge on any atom is -0.466 e. The van der Waals surface area contributed by atoms with Crippen LogP contribution in [0.3, 0.4) is 0 Å². The number of methoxy groups -OCH3 is 2. The maximum absolute atomic E-state index is 12.5. The van der Waals surface area contributed by atoms with Crippen LogP contribution in [0.15, 0.2) is 34.7 Å². The van der Waals surface area contributed by atoms with Gasteiger partial charge in [-0.25, -0.2) is 9.59 Å². The van der Waals surface area contributed by atoms with Crippen LogP contribution in [-0.2, 0) is 19.1 Å². The van der Waals surface area contributed by atoms with Crippen molar-refractivity contribution in [3.8, 4) is 0 Å². The Morgan fingerprint density at radius 3 is 2.00 bits per heavy atom. The van der Waals surface area contributed by atoms with Gasteiger partial charge in [0.2, 0.25) is 0 Å². The summed E-state index contributed by atoms with van der Waals surface area (Å²) in [5.74, 6) is -0.959. The van der Waals surface area contributed by atoms with Crippen molar-refractivity contribution in [2.75, 3.05) is 14.2 Å². The van der Waals surface area contributed by atoms with Crippen LogP contribution in [0.25, 0.3) is 0 Å². The van der Waals surface area contributed by atoms with Gasteiger partial charge < -0.3 is 14.8 Å². The van der Waals surface area contributed by atoms with E-state index in [1.807, 2.05) is 13.8 Å². The topological polar surface area (TPSA) is 64.6 Å². The highest BCUT2D eigenvalue weighted by molar-refractivity contribution is 5.98. The predicted molar refractivity (Wildman–Crippen MR) is 91.8 cm³/mol. The predicted octanol–water partition coefficient (Wildman–Crippen LogP) is 3.24. The molecule has 1 heterocycles. The molecule has 5 heteroatoms. The average molecular weight is 333 g/mol. The van der Waals surface area contributed by atoms with Gasteiger partial charge in [-0.15, -0.1) is 0 Å². The summed E-state index contributed by atoms with van der Waals surface area (Å²) in [5.41, 5.74) is 2.81. The van der Waals surface area contributed by atoms with E-state index in [4.69, 9.17) is 9.47 Å². The number of hydrogen-bond acceptors (Lipinski definition) is 5. The zero-order valence-corrected chi connectivity index (χ0v) is 15.0. The summed E-state index contributed by atoms with van der Waals surface area (Å²) >= 11 is 0. The van der Waals surface area contributed by atoms with Gasteiger partial charge in [0.05, 0.1) is 25.4 Å². The summed E-state index contributed by atoms with van der Waals surface area (Å²) in [6, 6.07) is 0. The van der Waals surface area contributed by atoms with Gasteiger partial charge in [0.25, 0.3) is 0 Å². The monoisotopic (exact) mass is 333 g/mol. The van der Waals surface area contributed by atoms with Crippen LogP contribution in [0.2, 0.25) is 0 Å². The Labute approximate surface area is 143 Å². The van der Waals surface area contributed by atoms with Crippen molar-refractivity contribution in [3.05, 3.63) is 34.7 Å². The number of hydrogen-bond donors (Lipinski definition) is 1. The minimum absolute atomic E-state index is 0.104. The maximum atomic E-state index is 12.5. The quantitative estimate of drug-likeness (QED) is 0.618. The Kier molecular flexibility index (Phi) is 6.23. The van der Waals surface area contributed by atoms with Crippen molar-refractivity contribution in [2.24, 2.45) is 11.8 Å². The van der Waals surface area contributed by atoms with Gasteiger partial charge in [-0.2, -0.15) is 0 Å². The Hall–Kier alpha value is -2.04. The van der Waals surface area contributed by atoms with Crippen LogP contribution in [0.4, 0.5) is 0 Å². The van der Waals surface area contributed by atoms with Crippen molar-refractivity contribution >= 4 is 11.9 Å². The third-order valence-electron chi connectivity index (χ3n) is 4.81. The molecule has 0 radical (unpaired) electrons. The molecule has 1 aliphatic carbocycles. The molecule has 0 saturated carbocycles. The number of dihydropyridines is 1. The van der Waals surface area contributed by atoms with Gasteiger partial charge in [-0.3, -0.25) is 0 Å². The first-order chi connectivity index (χ1) is 11.6. The molecule has 5 nitrogen and oxygen atoms in total. The van der Waals surface area contributed by atoms with E-state index in [-0.39, 0.29) is 23.8 Å². The fourth-order valence-electron chi connectivity index (χ4n) is 3.66. The Bertz CT molecular complexity index is 560. The molecule has 0 saturated heterocycles. The molecule has 0 aromatic carbocycles. The van der Waals surface area contributed by atoms with Crippen molar-refractivity contribution in [3.63, 3.8) is 0 Å². The molecular weight excluding hydrogens is 306 g/mol. The van der Waals surface area contributed by atoms with Gasteiger partial charge in [0.1, 0.15) is 0 Å². The molecule has 0 aromatic rings. The van der Waals surface area contributed by atoms with E-state index in [1.54, 1.807) is 0 Å². The van der Waals surface area contributed by atoms with Crippen molar-refractivity contribution in [1.29, 1.82) is 0 Å². The molecule has 2 aliphatic rings. The van der Waals surface area contributed by atoms with Gasteiger partial charge in [-0.05, 0) is 38.0 Å². The van der Waals surface area contributed by atoms with E-state index >= 15 is 0 Å². The number of allylic oxidation sites excluding steroid dienone is 4. The lowest BCUT2D eigenvalue weighted by Gasteiger charge is -2.36. The molecule has 0 amide bonds. The Morgan fingerprint density at radius 1 is 1.08 bits per heavy atom. The van der Waals surface area contributed by atoms with E-state index in [0.29, 0.717) is 24.0 Å². The number of carbonyl (C=O) groups is 2. The fourth-order valence-corrected chi connectivity index (χ4v) is 3.66. The van der Waals surface area contributed by atoms with Gasteiger partial charge in [0, 0.05) is 17.3 Å². The lowest BCUT2D eigenvalue weighted by atomic mass is 9.72. The van der Waals surface area contributed by atoms with Crippen LogP contribution < -0.4 is 5.32 Å². The normalized spacial score (nSPS) is 21.6. The number of esters is 2. The summed E-state index contributed by atoms with van der Waals surface area (Å²) in [6.07, 6.45) is 8.65. The number of ether oxygens (including phenoxy) is 2. The first-order valence-electron chi connectivity index (χ1n) is 8.65. The van der Waals surface area contributed by atoms with Crippen molar-refractivity contribution < 1.29 is 19.1 Å². The molecule has 0 bridgehead atoms. The molecule has 1 unspecified atom stereocenters. The summed E-state index contributed by atoms with van der Waals surface area (Å²) in [6.45, 7) is 3.99. The number of carbonyl (C=O) groups excluding carboxylic acids is 2. The first-order valence-corrected chi connectivity index (χ1v) is 8.65. The number of rotatable bonds is 5. The SMILES string of the molecule is CCC1=C(C(=O)OC)C(C2C=CCCC2)C(C(=O)OC)=C(CC)N1. The third-order valence-corrected chi connectivity index (χ3v) is 4.81. The average Bonchev–Trinajstić information content (AvgIpc) is 2.65. The zero-order valence-electron chi connectivity index (χ0n) is 15.0. The second-order valence-electron chi connectivity index (χ2n) is 6.10. The lowest BCUT2D eigenvalue weighted by Crippen LogP contribution is -2.37. The van der Waals surface area contributed by atoms with Crippen LogP contribution in [0, 0.1) is 11.8 Å². The van der Waals surface area contributed by atoms with Crippen LogP contribution in [0.5, 0.6) is 0 Å². The molecule has 2 rings (SSSR count). The van der Waals surface area contributed by atoms with E-state index in [9.17, 15) is 9.59 Å². The van der Waals surface area contributed by atoms with Crippen molar-refractivity contribution in [2.45, 2.75) is 46.0 Å². The first kappa shape index (κ1) is 18.3. The molecular formula is C19H27NO4. The summed E-state index contributed by atoms with van der Waals surface area (Å²) in [7, 11) is 2.76. The van der Waals surface area contributed by atoms with E-state index in [2.05, 4.69) is 17.5 Å². The van der Waals surface area contributed by atoms with Crippen LogP contribution in [-0.4, -0.2) is 26.2 Å². The van der Waals surface area contributed by atoms with Crippen molar-refractivity contribution in [1.82, 2.24) is 5.32 Å². The largest absolute Gasteiger partial charge is 0.466 e. The van der Waals surface area contributed by atoms with Gasteiger partial charge in [-0.1, -0.05) is 26.0 Å².